The number of rotatable bonds is 9. The third-order valence-corrected chi connectivity index (χ3v) is 4.99. The highest BCUT2D eigenvalue weighted by Gasteiger charge is 2.48. The number of nitrogens with zero attached hydrogens (tertiary/aromatic N) is 1. The molecule has 1 saturated carbocycles. The van der Waals surface area contributed by atoms with Crippen LogP contribution >= 0.6 is 0 Å². The van der Waals surface area contributed by atoms with Crippen LogP contribution in [0.25, 0.3) is 10.9 Å². The molecule has 0 unspecified atom stereocenters. The number of pyridine rings is 1. The van der Waals surface area contributed by atoms with Gasteiger partial charge in [0.15, 0.2) is 0 Å². The van der Waals surface area contributed by atoms with Crippen LogP contribution in [0.1, 0.15) is 46.5 Å². The van der Waals surface area contributed by atoms with Crippen LogP contribution in [0, 0.1) is 5.92 Å². The van der Waals surface area contributed by atoms with Crippen LogP contribution in [0.2, 0.25) is 0 Å². The highest BCUT2D eigenvalue weighted by atomic mass is 16.5. The highest BCUT2D eigenvalue weighted by Crippen LogP contribution is 2.43. The Hall–Kier alpha value is -2.14. The maximum absolute atomic E-state index is 13.0. The first kappa shape index (κ1) is 18.6. The molecule has 1 atom stereocenters. The van der Waals surface area contributed by atoms with Gasteiger partial charge in [0, 0.05) is 18.2 Å². The zero-order chi connectivity index (χ0) is 18.6. The fourth-order valence-corrected chi connectivity index (χ4v) is 3.25. The number of carbonyl (C=O) groups is 1. The normalized spacial score (nSPS) is 16.3. The zero-order valence-electron chi connectivity index (χ0n) is 15.9. The molecule has 1 aromatic carbocycles. The fourth-order valence-electron chi connectivity index (χ4n) is 3.25. The predicted molar refractivity (Wildman–Crippen MR) is 104 cm³/mol. The number of benzene rings is 1. The molecule has 5 heteroatoms. The number of amides is 1. The maximum Gasteiger partial charge on any atom is 0.256 e. The Balaban J connectivity index is 1.86. The number of carbonyl (C=O) groups excluding carboxylic acids is 1. The molecule has 1 N–H and O–H groups in total. The molecule has 26 heavy (non-hydrogen) atoms. The van der Waals surface area contributed by atoms with E-state index in [0.717, 1.165) is 48.0 Å². The summed E-state index contributed by atoms with van der Waals surface area (Å²) in [4.78, 5) is 17.4. The summed E-state index contributed by atoms with van der Waals surface area (Å²) in [6.07, 6.45) is 5.90. The quantitative estimate of drug-likeness (QED) is 0.669. The van der Waals surface area contributed by atoms with Gasteiger partial charge in [0.2, 0.25) is 0 Å². The van der Waals surface area contributed by atoms with Crippen molar-refractivity contribution in [1.29, 1.82) is 0 Å². The molecule has 1 fully saturated rings. The Morgan fingerprint density at radius 1 is 1.31 bits per heavy atom. The minimum Gasteiger partial charge on any atom is -0.491 e. The van der Waals surface area contributed by atoms with Crippen LogP contribution < -0.4 is 10.1 Å². The Morgan fingerprint density at radius 3 is 2.81 bits per heavy atom. The Labute approximate surface area is 155 Å². The molecule has 0 radical (unpaired) electrons. The van der Waals surface area contributed by atoms with E-state index in [1.165, 1.54) is 0 Å². The first-order valence-electron chi connectivity index (χ1n) is 9.56. The van der Waals surface area contributed by atoms with Gasteiger partial charge in [-0.05, 0) is 63.3 Å². The summed E-state index contributed by atoms with van der Waals surface area (Å²) in [6.45, 7) is 7.14. The molecular formula is C21H28N2O3. The van der Waals surface area contributed by atoms with Gasteiger partial charge in [-0.25, -0.2) is 0 Å². The van der Waals surface area contributed by atoms with Gasteiger partial charge in [0.1, 0.15) is 16.9 Å². The second-order valence-electron chi connectivity index (χ2n) is 6.98. The van der Waals surface area contributed by atoms with E-state index in [4.69, 9.17) is 9.47 Å². The predicted octanol–water partition coefficient (Wildman–Crippen LogP) is 4.56. The smallest absolute Gasteiger partial charge is 0.256 e. The van der Waals surface area contributed by atoms with Crippen molar-refractivity contribution in [2.24, 2.45) is 5.92 Å². The van der Waals surface area contributed by atoms with Gasteiger partial charge >= 0.3 is 0 Å². The molecule has 1 aliphatic carbocycles. The Kier molecular flexibility index (Phi) is 5.77. The second-order valence-corrected chi connectivity index (χ2v) is 6.98. The molecule has 140 valence electrons. The summed E-state index contributed by atoms with van der Waals surface area (Å²) < 4.78 is 11.7. The van der Waals surface area contributed by atoms with Gasteiger partial charge in [-0.2, -0.15) is 0 Å². The van der Waals surface area contributed by atoms with E-state index in [2.05, 4.69) is 17.2 Å². The summed E-state index contributed by atoms with van der Waals surface area (Å²) in [7, 11) is 0. The van der Waals surface area contributed by atoms with E-state index in [-0.39, 0.29) is 5.91 Å². The van der Waals surface area contributed by atoms with E-state index < -0.39 is 5.60 Å². The maximum atomic E-state index is 13.0. The third kappa shape index (κ3) is 3.83. The lowest BCUT2D eigenvalue weighted by Gasteiger charge is -2.28. The zero-order valence-corrected chi connectivity index (χ0v) is 15.9. The summed E-state index contributed by atoms with van der Waals surface area (Å²) in [5.41, 5.74) is 0.734. The molecule has 0 saturated heterocycles. The van der Waals surface area contributed by atoms with Crippen LogP contribution in [0.5, 0.6) is 5.75 Å². The van der Waals surface area contributed by atoms with Crippen molar-refractivity contribution in [2.45, 2.75) is 52.1 Å². The lowest BCUT2D eigenvalue weighted by atomic mass is 9.98. The minimum atomic E-state index is -0.778. The van der Waals surface area contributed by atoms with E-state index in [0.29, 0.717) is 19.1 Å². The number of aromatic nitrogens is 1. The van der Waals surface area contributed by atoms with Crippen LogP contribution in [-0.2, 0) is 9.53 Å². The largest absolute Gasteiger partial charge is 0.491 e. The number of ether oxygens (including phenoxy) is 2. The molecule has 5 nitrogen and oxygen atoms in total. The number of unbranched alkanes of at least 4 members (excludes halogenated alkanes) is 1. The van der Waals surface area contributed by atoms with E-state index in [1.807, 2.05) is 38.1 Å². The van der Waals surface area contributed by atoms with Crippen molar-refractivity contribution >= 4 is 22.5 Å². The molecule has 1 heterocycles. The van der Waals surface area contributed by atoms with Crippen molar-refractivity contribution in [1.82, 2.24) is 4.98 Å². The van der Waals surface area contributed by atoms with Crippen molar-refractivity contribution < 1.29 is 14.3 Å². The van der Waals surface area contributed by atoms with Gasteiger partial charge in [-0.3, -0.25) is 9.78 Å². The molecule has 0 spiro atoms. The second kappa shape index (κ2) is 8.04. The standard InChI is InChI=1S/C21H28N2O3/c1-4-6-14-25-18-12-11-17(16-8-7-13-22-19(16)18)23-20(24)21(3,26-5-2)15-9-10-15/h7-8,11-13,15H,4-6,9-10,14H2,1-3H3,(H,23,24)/t21-/m1/s1. The molecule has 1 aromatic heterocycles. The van der Waals surface area contributed by atoms with Crippen LogP contribution in [0.3, 0.4) is 0 Å². The van der Waals surface area contributed by atoms with E-state index in [1.54, 1.807) is 6.20 Å². The summed E-state index contributed by atoms with van der Waals surface area (Å²) in [5.74, 6) is 0.956. The van der Waals surface area contributed by atoms with E-state index >= 15 is 0 Å². The topological polar surface area (TPSA) is 60.5 Å². The van der Waals surface area contributed by atoms with Crippen molar-refractivity contribution in [3.05, 3.63) is 30.5 Å². The highest BCUT2D eigenvalue weighted by molar-refractivity contribution is 6.05. The average molecular weight is 356 g/mol. The minimum absolute atomic E-state index is 0.0911. The molecule has 2 aromatic rings. The van der Waals surface area contributed by atoms with Crippen LogP contribution in [0.4, 0.5) is 5.69 Å². The number of nitrogens with one attached hydrogen (secondary N) is 1. The van der Waals surface area contributed by atoms with Crippen LogP contribution in [-0.4, -0.2) is 29.7 Å². The third-order valence-electron chi connectivity index (χ3n) is 4.99. The van der Waals surface area contributed by atoms with Gasteiger partial charge in [-0.15, -0.1) is 0 Å². The molecule has 1 amide bonds. The monoisotopic (exact) mass is 356 g/mol. The number of anilines is 1. The SMILES string of the molecule is CCCCOc1ccc(NC(=O)[C@](C)(OCC)C2CC2)c2cccnc12. The van der Waals surface area contributed by atoms with Crippen molar-refractivity contribution in [2.75, 3.05) is 18.5 Å². The van der Waals surface area contributed by atoms with E-state index in [9.17, 15) is 4.79 Å². The molecule has 0 aliphatic heterocycles. The summed E-state index contributed by atoms with van der Waals surface area (Å²) >= 11 is 0. The van der Waals surface area contributed by atoms with Crippen molar-refractivity contribution in [3.63, 3.8) is 0 Å². The Bertz CT molecular complexity index is 773. The van der Waals surface area contributed by atoms with Crippen molar-refractivity contribution in [3.8, 4) is 5.75 Å². The average Bonchev–Trinajstić information content (AvgIpc) is 3.49. The molecule has 3 rings (SSSR count). The van der Waals surface area contributed by atoms with Crippen LogP contribution in [0.15, 0.2) is 30.5 Å². The lowest BCUT2D eigenvalue weighted by Crippen LogP contribution is -2.44. The van der Waals surface area contributed by atoms with Gasteiger partial charge < -0.3 is 14.8 Å². The number of hydrogen-bond acceptors (Lipinski definition) is 4. The number of hydrogen-bond donors (Lipinski definition) is 1. The Morgan fingerprint density at radius 2 is 2.12 bits per heavy atom. The first-order chi connectivity index (χ1) is 12.6. The summed E-state index contributed by atoms with van der Waals surface area (Å²) in [6, 6.07) is 7.61. The fraction of sp³-hybridized carbons (Fsp3) is 0.524. The van der Waals surface area contributed by atoms with Gasteiger partial charge in [-0.1, -0.05) is 13.3 Å². The number of fused-ring (bicyclic) bond motifs is 1. The first-order valence-corrected chi connectivity index (χ1v) is 9.56. The lowest BCUT2D eigenvalue weighted by molar-refractivity contribution is -0.141. The van der Waals surface area contributed by atoms with Gasteiger partial charge in [0.25, 0.3) is 5.91 Å². The molecular weight excluding hydrogens is 328 g/mol. The van der Waals surface area contributed by atoms with Gasteiger partial charge in [0.05, 0.1) is 12.3 Å². The molecule has 0 bridgehead atoms. The summed E-state index contributed by atoms with van der Waals surface area (Å²) in [5, 5.41) is 3.95. The molecule has 1 aliphatic rings.